The number of hydrogen-bond donors (Lipinski definition) is 1. The highest BCUT2D eigenvalue weighted by molar-refractivity contribution is 5.75. The van der Waals surface area contributed by atoms with Crippen molar-refractivity contribution in [2.24, 2.45) is 7.05 Å². The fourth-order valence-electron chi connectivity index (χ4n) is 1.35. The molecular weight excluding hydrogens is 200 g/mol. The molecule has 0 bridgehead atoms. The van der Waals surface area contributed by atoms with Gasteiger partial charge < -0.3 is 4.98 Å². The van der Waals surface area contributed by atoms with E-state index in [1.807, 2.05) is 52.8 Å². The maximum atomic E-state index is 11.2. The van der Waals surface area contributed by atoms with Crippen LogP contribution >= 0.6 is 0 Å². The van der Waals surface area contributed by atoms with E-state index in [4.69, 9.17) is 0 Å². The Morgan fingerprint density at radius 1 is 1.12 bits per heavy atom. The Kier molecular flexibility index (Phi) is 6.23. The number of aryl methyl sites for hydroxylation is 2. The maximum absolute atomic E-state index is 11.2. The van der Waals surface area contributed by atoms with Crippen LogP contribution in [-0.4, -0.2) is 9.55 Å². The molecule has 3 heteroatoms. The molecule has 1 aromatic carbocycles. The quantitative estimate of drug-likeness (QED) is 0.730. The van der Waals surface area contributed by atoms with E-state index in [1.165, 1.54) is 0 Å². The summed E-state index contributed by atoms with van der Waals surface area (Å²) in [6.45, 7) is 10.0. The first-order valence-corrected chi connectivity index (χ1v) is 5.84. The lowest BCUT2D eigenvalue weighted by molar-refractivity contribution is 0.891. The van der Waals surface area contributed by atoms with Gasteiger partial charge in [0, 0.05) is 7.05 Å². The molecule has 0 fully saturated rings. The monoisotopic (exact) mass is 222 g/mol. The predicted octanol–water partition coefficient (Wildman–Crippen LogP) is 3.23. The van der Waals surface area contributed by atoms with Crippen molar-refractivity contribution in [1.29, 1.82) is 0 Å². The van der Waals surface area contributed by atoms with E-state index in [2.05, 4.69) is 4.98 Å². The second-order valence-electron chi connectivity index (χ2n) is 3.01. The minimum absolute atomic E-state index is 0.0596. The average molecular weight is 222 g/mol. The van der Waals surface area contributed by atoms with Crippen molar-refractivity contribution in [1.82, 2.24) is 9.55 Å². The number of aromatic nitrogens is 2. The zero-order chi connectivity index (χ0) is 12.7. The standard InChI is InChI=1S/C9H10N2O.2C2H6/c1-6-3-4-8-7(5-6)10-9(12)11(8)2;2*1-2/h3-5H,1-2H3,(H,10,12);2*1-2H3. The van der Waals surface area contributed by atoms with E-state index in [0.717, 1.165) is 16.6 Å². The Morgan fingerprint density at radius 3 is 2.25 bits per heavy atom. The summed E-state index contributed by atoms with van der Waals surface area (Å²) in [7, 11) is 1.76. The minimum Gasteiger partial charge on any atom is -0.306 e. The third-order valence-electron chi connectivity index (χ3n) is 2.06. The molecule has 2 aromatic rings. The zero-order valence-electron chi connectivity index (χ0n) is 11.1. The number of nitrogens with zero attached hydrogens (tertiary/aromatic N) is 1. The van der Waals surface area contributed by atoms with Gasteiger partial charge in [-0.1, -0.05) is 33.8 Å². The minimum atomic E-state index is -0.0596. The summed E-state index contributed by atoms with van der Waals surface area (Å²) >= 11 is 0. The van der Waals surface area contributed by atoms with Gasteiger partial charge in [-0.2, -0.15) is 0 Å². The number of nitrogens with one attached hydrogen (secondary N) is 1. The van der Waals surface area contributed by atoms with E-state index in [9.17, 15) is 4.79 Å². The third-order valence-corrected chi connectivity index (χ3v) is 2.06. The largest absolute Gasteiger partial charge is 0.326 e. The molecule has 0 saturated carbocycles. The van der Waals surface area contributed by atoms with Crippen molar-refractivity contribution in [2.45, 2.75) is 34.6 Å². The van der Waals surface area contributed by atoms with Crippen molar-refractivity contribution in [3.8, 4) is 0 Å². The highest BCUT2D eigenvalue weighted by Gasteiger charge is 2.00. The van der Waals surface area contributed by atoms with Crippen molar-refractivity contribution in [3.63, 3.8) is 0 Å². The second-order valence-corrected chi connectivity index (χ2v) is 3.01. The van der Waals surface area contributed by atoms with Crippen LogP contribution in [0.15, 0.2) is 23.0 Å². The van der Waals surface area contributed by atoms with Gasteiger partial charge in [-0.25, -0.2) is 4.79 Å². The molecule has 1 N–H and O–H groups in total. The van der Waals surface area contributed by atoms with Gasteiger partial charge in [-0.05, 0) is 24.6 Å². The summed E-state index contributed by atoms with van der Waals surface area (Å²) < 4.78 is 1.61. The lowest BCUT2D eigenvalue weighted by atomic mass is 10.2. The fourth-order valence-corrected chi connectivity index (χ4v) is 1.35. The zero-order valence-corrected chi connectivity index (χ0v) is 11.1. The van der Waals surface area contributed by atoms with Crippen LogP contribution in [0.1, 0.15) is 33.3 Å². The summed E-state index contributed by atoms with van der Waals surface area (Å²) in [6, 6.07) is 5.91. The molecule has 3 nitrogen and oxygen atoms in total. The summed E-state index contributed by atoms with van der Waals surface area (Å²) in [5.41, 5.74) is 2.95. The van der Waals surface area contributed by atoms with Crippen molar-refractivity contribution >= 4 is 11.0 Å². The highest BCUT2D eigenvalue weighted by atomic mass is 16.1. The van der Waals surface area contributed by atoms with Crippen LogP contribution in [0.2, 0.25) is 0 Å². The van der Waals surface area contributed by atoms with Gasteiger partial charge in [0.25, 0.3) is 0 Å². The Balaban J connectivity index is 0.000000509. The van der Waals surface area contributed by atoms with Gasteiger partial charge in [0.1, 0.15) is 0 Å². The fraction of sp³-hybridized carbons (Fsp3) is 0.462. The molecule has 0 aliphatic rings. The van der Waals surface area contributed by atoms with Crippen molar-refractivity contribution in [2.75, 3.05) is 0 Å². The Hall–Kier alpha value is -1.51. The number of hydrogen-bond acceptors (Lipinski definition) is 1. The van der Waals surface area contributed by atoms with Gasteiger partial charge in [0.15, 0.2) is 0 Å². The van der Waals surface area contributed by atoms with Crippen LogP contribution in [0.3, 0.4) is 0 Å². The van der Waals surface area contributed by atoms with Crippen LogP contribution in [0, 0.1) is 6.92 Å². The SMILES string of the molecule is CC.CC.Cc1ccc2c(c1)[nH]c(=O)n2C. The van der Waals surface area contributed by atoms with Gasteiger partial charge in [-0.3, -0.25) is 4.57 Å². The van der Waals surface area contributed by atoms with Gasteiger partial charge in [0.2, 0.25) is 0 Å². The van der Waals surface area contributed by atoms with E-state index < -0.39 is 0 Å². The summed E-state index contributed by atoms with van der Waals surface area (Å²) in [6.07, 6.45) is 0. The molecule has 0 amide bonds. The molecule has 16 heavy (non-hydrogen) atoms. The average Bonchev–Trinajstić information content (AvgIpc) is 2.60. The molecule has 0 saturated heterocycles. The lowest BCUT2D eigenvalue weighted by Gasteiger charge is -1.93. The predicted molar refractivity (Wildman–Crippen MR) is 71.0 cm³/mol. The number of H-pyrrole nitrogens is 1. The number of aromatic amines is 1. The molecule has 0 unspecified atom stereocenters. The van der Waals surface area contributed by atoms with Crippen molar-refractivity contribution < 1.29 is 0 Å². The van der Waals surface area contributed by atoms with Crippen LogP contribution in [0.4, 0.5) is 0 Å². The summed E-state index contributed by atoms with van der Waals surface area (Å²) in [5.74, 6) is 0. The maximum Gasteiger partial charge on any atom is 0.326 e. The van der Waals surface area contributed by atoms with Crippen molar-refractivity contribution in [3.05, 3.63) is 34.2 Å². The Bertz CT molecular complexity index is 480. The van der Waals surface area contributed by atoms with Gasteiger partial charge >= 0.3 is 5.69 Å². The normalized spacial score (nSPS) is 8.88. The number of imidazole rings is 1. The molecule has 0 atom stereocenters. The van der Waals surface area contributed by atoms with Crippen LogP contribution in [0.25, 0.3) is 11.0 Å². The van der Waals surface area contributed by atoms with Crippen LogP contribution < -0.4 is 5.69 Å². The van der Waals surface area contributed by atoms with E-state index >= 15 is 0 Å². The Labute approximate surface area is 97.1 Å². The Morgan fingerprint density at radius 2 is 1.69 bits per heavy atom. The molecular formula is C13H22N2O. The first-order valence-electron chi connectivity index (χ1n) is 5.84. The smallest absolute Gasteiger partial charge is 0.306 e. The number of rotatable bonds is 0. The van der Waals surface area contributed by atoms with E-state index in [0.29, 0.717) is 0 Å². The molecule has 0 aliphatic heterocycles. The second kappa shape index (κ2) is 6.88. The molecule has 1 heterocycles. The molecule has 2 rings (SSSR count). The van der Waals surface area contributed by atoms with E-state index in [1.54, 1.807) is 11.6 Å². The third kappa shape index (κ3) is 2.99. The topological polar surface area (TPSA) is 37.8 Å². The number of benzene rings is 1. The van der Waals surface area contributed by atoms with Crippen LogP contribution in [-0.2, 0) is 7.05 Å². The van der Waals surface area contributed by atoms with E-state index in [-0.39, 0.29) is 5.69 Å². The van der Waals surface area contributed by atoms with Crippen LogP contribution in [0.5, 0.6) is 0 Å². The summed E-state index contributed by atoms with van der Waals surface area (Å²) in [5, 5.41) is 0. The first-order chi connectivity index (χ1) is 7.68. The number of fused-ring (bicyclic) bond motifs is 1. The van der Waals surface area contributed by atoms with Gasteiger partial charge in [-0.15, -0.1) is 0 Å². The molecule has 0 radical (unpaired) electrons. The lowest BCUT2D eigenvalue weighted by Crippen LogP contribution is -2.11. The molecule has 0 aliphatic carbocycles. The molecule has 90 valence electrons. The molecule has 0 spiro atoms. The van der Waals surface area contributed by atoms with Gasteiger partial charge in [0.05, 0.1) is 11.0 Å². The highest BCUT2D eigenvalue weighted by Crippen LogP contribution is 2.10. The summed E-state index contributed by atoms with van der Waals surface area (Å²) in [4.78, 5) is 13.9. The first kappa shape index (κ1) is 14.5. The molecule has 1 aromatic heterocycles.